The van der Waals surface area contributed by atoms with E-state index in [1.165, 1.54) is 18.2 Å². The molecular weight excluding hydrogens is 404 g/mol. The Labute approximate surface area is 175 Å². The van der Waals surface area contributed by atoms with Gasteiger partial charge in [-0.25, -0.2) is 9.59 Å². The van der Waals surface area contributed by atoms with Gasteiger partial charge in [0.1, 0.15) is 39.9 Å². The highest BCUT2D eigenvalue weighted by Crippen LogP contribution is 2.37. The van der Waals surface area contributed by atoms with E-state index in [1.54, 1.807) is 36.4 Å². The van der Waals surface area contributed by atoms with Gasteiger partial charge in [-0.15, -0.1) is 0 Å². The molecular formula is C23H16O8. The molecule has 0 fully saturated rings. The first-order valence-electron chi connectivity index (χ1n) is 9.29. The van der Waals surface area contributed by atoms with Crippen LogP contribution in [0, 0.1) is 5.92 Å². The highest BCUT2D eigenvalue weighted by Gasteiger charge is 2.45. The lowest BCUT2D eigenvalue weighted by atomic mass is 9.83. The van der Waals surface area contributed by atoms with E-state index >= 15 is 0 Å². The molecule has 0 radical (unpaired) electrons. The van der Waals surface area contributed by atoms with Crippen LogP contribution in [0.25, 0.3) is 16.7 Å². The van der Waals surface area contributed by atoms with Gasteiger partial charge in [-0.05, 0) is 31.2 Å². The molecule has 2 heterocycles. The molecule has 2 N–H and O–H groups in total. The predicted molar refractivity (Wildman–Crippen MR) is 109 cm³/mol. The van der Waals surface area contributed by atoms with Crippen LogP contribution < -0.4 is 10.4 Å². The predicted octanol–water partition coefficient (Wildman–Crippen LogP) is 3.00. The van der Waals surface area contributed by atoms with Crippen LogP contribution in [0.1, 0.15) is 22.8 Å². The Bertz CT molecular complexity index is 1330. The summed E-state index contributed by atoms with van der Waals surface area (Å²) in [5, 5.41) is 20.7. The molecule has 8 heteroatoms. The molecule has 1 aliphatic rings. The van der Waals surface area contributed by atoms with Gasteiger partial charge in [-0.2, -0.15) is 0 Å². The number of aliphatic carboxylic acids is 1. The van der Waals surface area contributed by atoms with Crippen molar-refractivity contribution in [1.29, 1.82) is 0 Å². The number of carboxylic acids is 1. The molecule has 0 amide bonds. The zero-order valence-corrected chi connectivity index (χ0v) is 16.2. The van der Waals surface area contributed by atoms with Crippen molar-refractivity contribution in [3.05, 3.63) is 81.7 Å². The van der Waals surface area contributed by atoms with E-state index in [0.717, 1.165) is 6.92 Å². The maximum atomic E-state index is 13.3. The number of aliphatic hydroxyl groups is 1. The van der Waals surface area contributed by atoms with Gasteiger partial charge in [-0.3, -0.25) is 9.59 Å². The van der Waals surface area contributed by atoms with E-state index < -0.39 is 52.1 Å². The molecule has 0 saturated carbocycles. The van der Waals surface area contributed by atoms with Gasteiger partial charge < -0.3 is 19.4 Å². The second-order valence-electron chi connectivity index (χ2n) is 7.04. The zero-order chi connectivity index (χ0) is 22.3. The average Bonchev–Trinajstić information content (AvgIpc) is 2.73. The topological polar surface area (TPSA) is 131 Å². The van der Waals surface area contributed by atoms with Crippen molar-refractivity contribution in [1.82, 2.24) is 0 Å². The quantitative estimate of drug-likeness (QED) is 0.366. The summed E-state index contributed by atoms with van der Waals surface area (Å²) in [4.78, 5) is 50.1. The van der Waals surface area contributed by atoms with Crippen LogP contribution in [0.2, 0.25) is 0 Å². The van der Waals surface area contributed by atoms with Crippen molar-refractivity contribution >= 4 is 34.3 Å². The van der Waals surface area contributed by atoms with Crippen molar-refractivity contribution in [3.63, 3.8) is 0 Å². The van der Waals surface area contributed by atoms with Gasteiger partial charge in [-0.1, -0.05) is 30.3 Å². The maximum absolute atomic E-state index is 13.3. The van der Waals surface area contributed by atoms with E-state index in [4.69, 9.17) is 9.15 Å². The molecule has 1 aromatic heterocycles. The van der Waals surface area contributed by atoms with Crippen molar-refractivity contribution in [2.75, 3.05) is 0 Å². The first kappa shape index (κ1) is 20.1. The third-order valence-corrected chi connectivity index (χ3v) is 5.10. The fourth-order valence-electron chi connectivity index (χ4n) is 3.63. The second kappa shape index (κ2) is 7.56. The van der Waals surface area contributed by atoms with Crippen LogP contribution in [0.5, 0.6) is 5.75 Å². The normalized spacial score (nSPS) is 16.4. The molecule has 2 aromatic carbocycles. The molecule has 156 valence electrons. The number of ether oxygens (including phenoxy) is 1. The monoisotopic (exact) mass is 420 g/mol. The van der Waals surface area contributed by atoms with Gasteiger partial charge in [0, 0.05) is 5.39 Å². The molecule has 0 saturated heterocycles. The summed E-state index contributed by atoms with van der Waals surface area (Å²) in [6, 6.07) is 13.9. The third-order valence-electron chi connectivity index (χ3n) is 5.10. The van der Waals surface area contributed by atoms with Crippen LogP contribution in [-0.4, -0.2) is 33.9 Å². The lowest BCUT2D eigenvalue weighted by Gasteiger charge is -2.30. The van der Waals surface area contributed by atoms with E-state index in [2.05, 4.69) is 0 Å². The number of carbonyl (C=O) groups excluding carboxylic acids is 2. The Hall–Kier alpha value is -4.20. The Morgan fingerprint density at radius 2 is 1.71 bits per heavy atom. The average molecular weight is 420 g/mol. The SMILES string of the molecule is CC(=O)C(C(=O)c1cc2ccccc2oc1=O)C1Oc2ccccc2C(O)=C1C(=O)O. The summed E-state index contributed by atoms with van der Waals surface area (Å²) in [5.41, 5.74) is -1.63. The van der Waals surface area contributed by atoms with Gasteiger partial charge in [0.05, 0.1) is 5.56 Å². The highest BCUT2D eigenvalue weighted by molar-refractivity contribution is 6.13. The smallest absolute Gasteiger partial charge is 0.347 e. The molecule has 0 spiro atoms. The third kappa shape index (κ3) is 3.38. The number of hydrogen-bond donors (Lipinski definition) is 2. The van der Waals surface area contributed by atoms with Crippen LogP contribution in [0.3, 0.4) is 0 Å². The van der Waals surface area contributed by atoms with Gasteiger partial charge >= 0.3 is 11.6 Å². The number of hydrogen-bond acceptors (Lipinski definition) is 7. The van der Waals surface area contributed by atoms with Crippen LogP contribution >= 0.6 is 0 Å². The minimum Gasteiger partial charge on any atom is -0.506 e. The summed E-state index contributed by atoms with van der Waals surface area (Å²) < 4.78 is 10.9. The minimum atomic E-state index is -1.69. The molecule has 4 rings (SSSR count). The first-order chi connectivity index (χ1) is 14.8. The molecule has 0 aliphatic carbocycles. The molecule has 31 heavy (non-hydrogen) atoms. The van der Waals surface area contributed by atoms with Crippen LogP contribution in [0.4, 0.5) is 0 Å². The van der Waals surface area contributed by atoms with Crippen molar-refractivity contribution in [2.24, 2.45) is 5.92 Å². The number of ketones is 2. The zero-order valence-electron chi connectivity index (χ0n) is 16.2. The molecule has 3 aromatic rings. The summed E-state index contributed by atoms with van der Waals surface area (Å²) in [5.74, 6) is -5.42. The van der Waals surface area contributed by atoms with Crippen molar-refractivity contribution < 1.29 is 33.8 Å². The van der Waals surface area contributed by atoms with Gasteiger partial charge in [0.25, 0.3) is 0 Å². The number of carboxylic acid groups (broad SMARTS) is 1. The fraction of sp³-hybridized carbons (Fsp3) is 0.130. The summed E-state index contributed by atoms with van der Waals surface area (Å²) >= 11 is 0. The van der Waals surface area contributed by atoms with Crippen molar-refractivity contribution in [3.8, 4) is 5.75 Å². The Balaban J connectivity index is 1.86. The lowest BCUT2D eigenvalue weighted by molar-refractivity contribution is -0.134. The van der Waals surface area contributed by atoms with Gasteiger partial charge in [0.2, 0.25) is 0 Å². The molecule has 0 bridgehead atoms. The number of Topliss-reactive ketones (excluding diaryl/α,β-unsaturated/α-hetero) is 2. The summed E-state index contributed by atoms with van der Waals surface area (Å²) in [6.07, 6.45) is -1.64. The number of carbonyl (C=O) groups is 3. The Morgan fingerprint density at radius 3 is 2.42 bits per heavy atom. The Kier molecular flexibility index (Phi) is 4.90. The number of fused-ring (bicyclic) bond motifs is 2. The Morgan fingerprint density at radius 1 is 1.03 bits per heavy atom. The fourth-order valence-corrected chi connectivity index (χ4v) is 3.63. The lowest BCUT2D eigenvalue weighted by Crippen LogP contribution is -2.44. The van der Waals surface area contributed by atoms with E-state index in [9.17, 15) is 29.4 Å². The number of rotatable bonds is 5. The molecule has 8 nitrogen and oxygen atoms in total. The summed E-state index contributed by atoms with van der Waals surface area (Å²) in [6.45, 7) is 1.09. The van der Waals surface area contributed by atoms with E-state index in [0.29, 0.717) is 5.39 Å². The minimum absolute atomic E-state index is 0.111. The van der Waals surface area contributed by atoms with E-state index in [1.807, 2.05) is 0 Å². The van der Waals surface area contributed by atoms with Crippen molar-refractivity contribution in [2.45, 2.75) is 13.0 Å². The first-order valence-corrected chi connectivity index (χ1v) is 9.29. The molecule has 2 unspecified atom stereocenters. The number of benzene rings is 2. The number of para-hydroxylation sites is 2. The largest absolute Gasteiger partial charge is 0.506 e. The summed E-state index contributed by atoms with van der Waals surface area (Å²) in [7, 11) is 0. The van der Waals surface area contributed by atoms with Crippen LogP contribution in [0.15, 0.2) is 69.4 Å². The standard InChI is InChI=1S/C23H16O8/c1-11(24)17(20(26)14-10-12-6-2-4-8-15(12)31-23(14)29)21-18(22(27)28)19(25)13-7-3-5-9-16(13)30-21/h2-10,17,21,25H,1H3,(H,27,28). The second-order valence-corrected chi connectivity index (χ2v) is 7.04. The van der Waals surface area contributed by atoms with E-state index in [-0.39, 0.29) is 16.9 Å². The molecule has 2 atom stereocenters. The number of aliphatic hydroxyl groups excluding tert-OH is 1. The van der Waals surface area contributed by atoms with Crippen LogP contribution in [-0.2, 0) is 9.59 Å². The van der Waals surface area contributed by atoms with Gasteiger partial charge in [0.15, 0.2) is 11.9 Å². The highest BCUT2D eigenvalue weighted by atomic mass is 16.5. The molecule has 1 aliphatic heterocycles. The maximum Gasteiger partial charge on any atom is 0.347 e.